The normalized spacial score (nSPS) is 21.3. The molecule has 0 saturated carbocycles. The molecule has 0 bridgehead atoms. The van der Waals surface area contributed by atoms with Crippen LogP contribution in [-0.4, -0.2) is 42.7 Å². The molecule has 1 N–H and O–H groups in total. The van der Waals surface area contributed by atoms with Gasteiger partial charge in [-0.05, 0) is 19.1 Å². The first kappa shape index (κ1) is 17.1. The quantitative estimate of drug-likeness (QED) is 0.851. The van der Waals surface area contributed by atoms with Gasteiger partial charge in [-0.2, -0.15) is 11.8 Å². The summed E-state index contributed by atoms with van der Waals surface area (Å²) in [6, 6.07) is 5.62. The first-order valence-electron chi connectivity index (χ1n) is 6.90. The number of thioether (sulfide) groups is 1. The lowest BCUT2D eigenvalue weighted by Gasteiger charge is -2.38. The van der Waals surface area contributed by atoms with Crippen LogP contribution in [-0.2, 0) is 9.84 Å². The molecule has 0 spiro atoms. The second kappa shape index (κ2) is 6.89. The molecule has 1 heterocycles. The highest BCUT2D eigenvalue weighted by Crippen LogP contribution is 2.34. The highest BCUT2D eigenvalue weighted by Gasteiger charge is 2.34. The van der Waals surface area contributed by atoms with Gasteiger partial charge in [0, 0.05) is 39.5 Å². The Morgan fingerprint density at radius 1 is 1.52 bits per heavy atom. The molecule has 2 atom stereocenters. The van der Waals surface area contributed by atoms with Crippen molar-refractivity contribution in [1.29, 1.82) is 0 Å². The summed E-state index contributed by atoms with van der Waals surface area (Å²) in [4.78, 5) is 1.93. The van der Waals surface area contributed by atoms with Gasteiger partial charge in [-0.25, -0.2) is 8.42 Å². The number of benzene rings is 1. The van der Waals surface area contributed by atoms with E-state index >= 15 is 0 Å². The van der Waals surface area contributed by atoms with Gasteiger partial charge >= 0.3 is 0 Å². The second-order valence-corrected chi connectivity index (χ2v) is 9.57. The maximum atomic E-state index is 12.4. The molecule has 1 aromatic carbocycles. The van der Waals surface area contributed by atoms with Crippen molar-refractivity contribution in [1.82, 2.24) is 0 Å². The van der Waals surface area contributed by atoms with E-state index in [1.165, 1.54) is 0 Å². The molecule has 0 aliphatic carbocycles. The minimum atomic E-state index is -3.17. The fourth-order valence-corrected chi connectivity index (χ4v) is 5.80. The third kappa shape index (κ3) is 3.75. The molecule has 21 heavy (non-hydrogen) atoms. The standard InChI is InChI=1S/C14H20BrNO3S2/c1-3-21(18,19)14-9-20-7-6-16(14)13-8-11(15)4-5-12(13)10(2)17/h4-5,8,10,14,17H,3,6-7,9H2,1-2H3. The largest absolute Gasteiger partial charge is 0.389 e. The van der Waals surface area contributed by atoms with E-state index in [1.807, 2.05) is 23.1 Å². The number of anilines is 1. The number of hydrogen-bond donors (Lipinski definition) is 1. The molecule has 0 aromatic heterocycles. The molecule has 4 nitrogen and oxygen atoms in total. The Hall–Kier alpha value is -0.240. The van der Waals surface area contributed by atoms with Crippen molar-refractivity contribution in [2.45, 2.75) is 25.3 Å². The topological polar surface area (TPSA) is 57.6 Å². The highest BCUT2D eigenvalue weighted by molar-refractivity contribution is 9.10. The van der Waals surface area contributed by atoms with Gasteiger partial charge in [0.1, 0.15) is 5.37 Å². The molecule has 0 amide bonds. The fourth-order valence-electron chi connectivity index (χ4n) is 2.47. The molecular weight excluding hydrogens is 374 g/mol. The first-order chi connectivity index (χ1) is 9.86. The fraction of sp³-hybridized carbons (Fsp3) is 0.571. The highest BCUT2D eigenvalue weighted by atomic mass is 79.9. The monoisotopic (exact) mass is 393 g/mol. The van der Waals surface area contributed by atoms with E-state index in [2.05, 4.69) is 15.9 Å². The van der Waals surface area contributed by atoms with Gasteiger partial charge < -0.3 is 10.0 Å². The number of rotatable bonds is 4. The summed E-state index contributed by atoms with van der Waals surface area (Å²) in [7, 11) is -3.17. The average molecular weight is 394 g/mol. The third-order valence-corrected chi connectivity index (χ3v) is 7.44. The molecule has 0 radical (unpaired) electrons. The van der Waals surface area contributed by atoms with Crippen LogP contribution in [0.4, 0.5) is 5.69 Å². The summed E-state index contributed by atoms with van der Waals surface area (Å²) >= 11 is 5.10. The summed E-state index contributed by atoms with van der Waals surface area (Å²) in [6.45, 7) is 4.06. The Kier molecular flexibility index (Phi) is 5.62. The first-order valence-corrected chi connectivity index (χ1v) is 10.6. The van der Waals surface area contributed by atoms with Gasteiger partial charge in [-0.15, -0.1) is 0 Å². The third-order valence-electron chi connectivity index (χ3n) is 3.65. The number of aliphatic hydroxyl groups is 1. The smallest absolute Gasteiger partial charge is 0.171 e. The van der Waals surface area contributed by atoms with E-state index < -0.39 is 21.3 Å². The zero-order valence-electron chi connectivity index (χ0n) is 12.1. The van der Waals surface area contributed by atoms with E-state index in [-0.39, 0.29) is 5.75 Å². The van der Waals surface area contributed by atoms with Crippen LogP contribution in [0.25, 0.3) is 0 Å². The maximum Gasteiger partial charge on any atom is 0.171 e. The molecule has 2 rings (SSSR count). The molecule has 2 unspecified atom stereocenters. The predicted octanol–water partition coefficient (Wildman–Crippen LogP) is 2.82. The van der Waals surface area contributed by atoms with Crippen LogP contribution in [0.3, 0.4) is 0 Å². The average Bonchev–Trinajstić information content (AvgIpc) is 2.46. The number of sulfone groups is 1. The second-order valence-electron chi connectivity index (χ2n) is 5.05. The van der Waals surface area contributed by atoms with Crippen LogP contribution in [0.15, 0.2) is 22.7 Å². The van der Waals surface area contributed by atoms with Crippen molar-refractivity contribution in [2.24, 2.45) is 0 Å². The van der Waals surface area contributed by atoms with Gasteiger partial charge in [-0.3, -0.25) is 0 Å². The summed E-state index contributed by atoms with van der Waals surface area (Å²) < 4.78 is 25.6. The molecule has 1 aliphatic rings. The van der Waals surface area contributed by atoms with Crippen LogP contribution in [0.5, 0.6) is 0 Å². The summed E-state index contributed by atoms with van der Waals surface area (Å²) in [5, 5.41) is 9.46. The van der Waals surface area contributed by atoms with Gasteiger partial charge in [0.15, 0.2) is 9.84 Å². The van der Waals surface area contributed by atoms with Crippen LogP contribution in [0, 0.1) is 0 Å². The molecule has 1 aromatic rings. The minimum absolute atomic E-state index is 0.132. The van der Waals surface area contributed by atoms with Gasteiger partial charge in [0.05, 0.1) is 6.10 Å². The number of hydrogen-bond acceptors (Lipinski definition) is 5. The van der Waals surface area contributed by atoms with Crippen molar-refractivity contribution >= 4 is 43.2 Å². The van der Waals surface area contributed by atoms with Gasteiger partial charge in [-0.1, -0.05) is 28.9 Å². The molecule has 1 aliphatic heterocycles. The van der Waals surface area contributed by atoms with Gasteiger partial charge in [0.2, 0.25) is 0 Å². The zero-order valence-corrected chi connectivity index (χ0v) is 15.3. The van der Waals surface area contributed by atoms with E-state index in [0.29, 0.717) is 12.3 Å². The van der Waals surface area contributed by atoms with E-state index in [1.54, 1.807) is 25.6 Å². The van der Waals surface area contributed by atoms with Crippen molar-refractivity contribution in [3.05, 3.63) is 28.2 Å². The van der Waals surface area contributed by atoms with Crippen molar-refractivity contribution < 1.29 is 13.5 Å². The number of halogens is 1. The van der Waals surface area contributed by atoms with Crippen LogP contribution in [0.2, 0.25) is 0 Å². The Balaban J connectivity index is 2.49. The lowest BCUT2D eigenvalue weighted by atomic mass is 10.1. The minimum Gasteiger partial charge on any atom is -0.389 e. The Morgan fingerprint density at radius 2 is 2.24 bits per heavy atom. The number of nitrogens with zero attached hydrogens (tertiary/aromatic N) is 1. The summed E-state index contributed by atoms with van der Waals surface area (Å²) in [5.41, 5.74) is 1.57. The lowest BCUT2D eigenvalue weighted by Crippen LogP contribution is -2.48. The Morgan fingerprint density at radius 3 is 2.86 bits per heavy atom. The van der Waals surface area contributed by atoms with Crippen LogP contribution >= 0.6 is 27.7 Å². The molecule has 7 heteroatoms. The predicted molar refractivity (Wildman–Crippen MR) is 92.7 cm³/mol. The lowest BCUT2D eigenvalue weighted by molar-refractivity contribution is 0.199. The van der Waals surface area contributed by atoms with E-state index in [0.717, 1.165) is 21.5 Å². The SMILES string of the molecule is CCS(=O)(=O)C1CSCCN1c1cc(Br)ccc1C(C)O. The van der Waals surface area contributed by atoms with E-state index in [9.17, 15) is 13.5 Å². The van der Waals surface area contributed by atoms with E-state index in [4.69, 9.17) is 0 Å². The molecule has 118 valence electrons. The Labute approximate surface area is 139 Å². The van der Waals surface area contributed by atoms with Crippen molar-refractivity contribution in [3.63, 3.8) is 0 Å². The maximum absolute atomic E-state index is 12.4. The van der Waals surface area contributed by atoms with Crippen LogP contribution < -0.4 is 4.90 Å². The molecular formula is C14H20BrNO3S2. The zero-order chi connectivity index (χ0) is 15.6. The van der Waals surface area contributed by atoms with Crippen molar-refractivity contribution in [2.75, 3.05) is 28.7 Å². The summed E-state index contributed by atoms with van der Waals surface area (Å²) in [6.07, 6.45) is -0.632. The van der Waals surface area contributed by atoms with Crippen LogP contribution in [0.1, 0.15) is 25.5 Å². The molecule has 1 fully saturated rings. The number of aliphatic hydroxyl groups excluding tert-OH is 1. The Bertz CT molecular complexity index is 604. The van der Waals surface area contributed by atoms with Gasteiger partial charge in [0.25, 0.3) is 0 Å². The molecule has 1 saturated heterocycles. The van der Waals surface area contributed by atoms with Crippen molar-refractivity contribution in [3.8, 4) is 0 Å². The summed E-state index contributed by atoms with van der Waals surface area (Å²) in [5.74, 6) is 1.59.